The van der Waals surface area contributed by atoms with Gasteiger partial charge in [0.2, 0.25) is 0 Å². The van der Waals surface area contributed by atoms with Crippen molar-refractivity contribution in [2.45, 2.75) is 6.61 Å². The van der Waals surface area contributed by atoms with E-state index in [0.717, 1.165) is 0 Å². The topological polar surface area (TPSA) is 72.6 Å². The molecule has 1 N–H and O–H groups in total. The van der Waals surface area contributed by atoms with Gasteiger partial charge in [0, 0.05) is 5.02 Å². The van der Waals surface area contributed by atoms with Crippen molar-refractivity contribution < 1.29 is 19.2 Å². The first-order chi connectivity index (χ1) is 8.16. The number of carboxylic acids is 1. The quantitative estimate of drug-likeness (QED) is 0.843. The van der Waals surface area contributed by atoms with E-state index in [1.165, 1.54) is 0 Å². The molecule has 0 atom stereocenters. The number of nitrogens with zero attached hydrogens (tertiary/aromatic N) is 1. The Morgan fingerprint density at radius 3 is 3.06 bits per heavy atom. The lowest BCUT2D eigenvalue weighted by molar-refractivity contribution is 0.0683. The van der Waals surface area contributed by atoms with E-state index in [-0.39, 0.29) is 12.3 Å². The maximum absolute atomic E-state index is 10.9. The summed E-state index contributed by atoms with van der Waals surface area (Å²) in [5, 5.41) is 13.0. The van der Waals surface area contributed by atoms with Crippen LogP contribution in [0.2, 0.25) is 5.02 Å². The van der Waals surface area contributed by atoms with Crippen molar-refractivity contribution in [1.82, 2.24) is 5.16 Å². The monoisotopic (exact) mass is 251 g/mol. The number of halogens is 1. The molecule has 0 spiro atoms. The number of fused-ring (bicyclic) bond motifs is 3. The molecule has 86 valence electrons. The predicted octanol–water partition coefficient (Wildman–Crippen LogP) is 2.59. The first-order valence-electron chi connectivity index (χ1n) is 4.81. The normalized spacial score (nSPS) is 12.5. The molecule has 0 amide bonds. The second-order valence-electron chi connectivity index (χ2n) is 3.57. The average Bonchev–Trinajstić information content (AvgIpc) is 2.72. The molecule has 5 nitrogen and oxygen atoms in total. The Labute approximate surface area is 101 Å². The fourth-order valence-corrected chi connectivity index (χ4v) is 1.95. The Morgan fingerprint density at radius 1 is 1.47 bits per heavy atom. The lowest BCUT2D eigenvalue weighted by Gasteiger charge is -2.15. The number of carboxylic acid groups (broad SMARTS) is 1. The van der Waals surface area contributed by atoms with Crippen molar-refractivity contribution in [3.05, 3.63) is 34.5 Å². The van der Waals surface area contributed by atoms with Crippen LogP contribution >= 0.6 is 11.6 Å². The van der Waals surface area contributed by atoms with Gasteiger partial charge in [0.15, 0.2) is 11.5 Å². The standard InChI is InChI=1S/C11H6ClNO4/c12-5-1-2-8-6(3-5)10-7(4-16-8)9(11(14)15)13-17-10/h1-3H,4H2,(H,14,15). The number of hydrogen-bond acceptors (Lipinski definition) is 4. The first kappa shape index (κ1) is 10.2. The molecule has 1 aliphatic heterocycles. The fraction of sp³-hybridized carbons (Fsp3) is 0.0909. The summed E-state index contributed by atoms with van der Waals surface area (Å²) in [5.41, 5.74) is 0.941. The average molecular weight is 252 g/mol. The number of aromatic nitrogens is 1. The highest BCUT2D eigenvalue weighted by Gasteiger charge is 2.28. The highest BCUT2D eigenvalue weighted by Crippen LogP contribution is 2.40. The van der Waals surface area contributed by atoms with Crippen molar-refractivity contribution >= 4 is 17.6 Å². The van der Waals surface area contributed by atoms with Crippen LogP contribution in [0.15, 0.2) is 22.7 Å². The van der Waals surface area contributed by atoms with Crippen LogP contribution < -0.4 is 4.74 Å². The molecule has 3 rings (SSSR count). The van der Waals surface area contributed by atoms with E-state index >= 15 is 0 Å². The van der Waals surface area contributed by atoms with E-state index in [4.69, 9.17) is 26.0 Å². The third-order valence-corrected chi connectivity index (χ3v) is 2.78. The van der Waals surface area contributed by atoms with Crippen LogP contribution in [0.3, 0.4) is 0 Å². The summed E-state index contributed by atoms with van der Waals surface area (Å²) in [5.74, 6) is -0.120. The van der Waals surface area contributed by atoms with Crippen molar-refractivity contribution in [1.29, 1.82) is 0 Å². The van der Waals surface area contributed by atoms with E-state index < -0.39 is 5.97 Å². The van der Waals surface area contributed by atoms with Crippen molar-refractivity contribution in [2.24, 2.45) is 0 Å². The third-order valence-electron chi connectivity index (χ3n) is 2.55. The summed E-state index contributed by atoms with van der Waals surface area (Å²) in [6.07, 6.45) is 0. The van der Waals surface area contributed by atoms with E-state index in [1.807, 2.05) is 0 Å². The van der Waals surface area contributed by atoms with E-state index in [9.17, 15) is 4.79 Å². The van der Waals surface area contributed by atoms with E-state index in [2.05, 4.69) is 5.16 Å². The molecule has 1 aromatic carbocycles. The molecule has 6 heteroatoms. The lowest BCUT2D eigenvalue weighted by atomic mass is 10.0. The van der Waals surface area contributed by atoms with Gasteiger partial charge in [-0.15, -0.1) is 0 Å². The number of hydrogen-bond donors (Lipinski definition) is 1. The Hall–Kier alpha value is -2.01. The van der Waals surface area contributed by atoms with Gasteiger partial charge in [-0.05, 0) is 18.2 Å². The van der Waals surface area contributed by atoms with Gasteiger partial charge in [-0.25, -0.2) is 4.79 Å². The van der Waals surface area contributed by atoms with Gasteiger partial charge in [-0.3, -0.25) is 0 Å². The van der Waals surface area contributed by atoms with E-state index in [0.29, 0.717) is 27.7 Å². The predicted molar refractivity (Wildman–Crippen MR) is 58.2 cm³/mol. The minimum absolute atomic E-state index is 0.120. The van der Waals surface area contributed by atoms with Gasteiger partial charge in [-0.2, -0.15) is 0 Å². The molecule has 0 saturated carbocycles. The zero-order valence-corrected chi connectivity index (χ0v) is 9.19. The van der Waals surface area contributed by atoms with Crippen LogP contribution in [0, 0.1) is 0 Å². The number of benzene rings is 1. The summed E-state index contributed by atoms with van der Waals surface area (Å²) < 4.78 is 10.5. The van der Waals surface area contributed by atoms with Crippen LogP contribution in [0.4, 0.5) is 0 Å². The Kier molecular flexibility index (Phi) is 2.09. The van der Waals surface area contributed by atoms with Crippen LogP contribution in [0.5, 0.6) is 5.75 Å². The number of ether oxygens (including phenoxy) is 1. The largest absolute Gasteiger partial charge is 0.488 e. The second-order valence-corrected chi connectivity index (χ2v) is 4.01. The Bertz CT molecular complexity index is 620. The number of rotatable bonds is 1. The summed E-state index contributed by atoms with van der Waals surface area (Å²) in [6, 6.07) is 5.06. The van der Waals surface area contributed by atoms with Crippen LogP contribution in [-0.2, 0) is 6.61 Å². The van der Waals surface area contributed by atoms with Crippen molar-refractivity contribution in [3.63, 3.8) is 0 Å². The molecule has 0 aliphatic carbocycles. The number of aromatic carboxylic acids is 1. The van der Waals surface area contributed by atoms with Gasteiger partial charge in [-0.1, -0.05) is 16.8 Å². The molecule has 1 aliphatic rings. The maximum Gasteiger partial charge on any atom is 0.358 e. The molecule has 0 bridgehead atoms. The Balaban J connectivity index is 2.23. The van der Waals surface area contributed by atoms with Crippen LogP contribution in [0.1, 0.15) is 16.1 Å². The van der Waals surface area contributed by atoms with Gasteiger partial charge in [0.05, 0.1) is 11.1 Å². The highest BCUT2D eigenvalue weighted by atomic mass is 35.5. The van der Waals surface area contributed by atoms with Gasteiger partial charge in [0.25, 0.3) is 0 Å². The summed E-state index contributed by atoms with van der Waals surface area (Å²) in [6.45, 7) is 0.134. The summed E-state index contributed by atoms with van der Waals surface area (Å²) >= 11 is 5.88. The number of carbonyl (C=O) groups is 1. The molecule has 0 saturated heterocycles. The zero-order valence-electron chi connectivity index (χ0n) is 8.44. The smallest absolute Gasteiger partial charge is 0.358 e. The second kappa shape index (κ2) is 3.49. The van der Waals surface area contributed by atoms with Crippen molar-refractivity contribution in [2.75, 3.05) is 0 Å². The molecule has 17 heavy (non-hydrogen) atoms. The van der Waals surface area contributed by atoms with E-state index in [1.54, 1.807) is 18.2 Å². The minimum Gasteiger partial charge on any atom is -0.488 e. The molecular formula is C11H6ClNO4. The molecule has 0 fully saturated rings. The molecule has 1 aromatic heterocycles. The Morgan fingerprint density at radius 2 is 2.29 bits per heavy atom. The van der Waals surface area contributed by atoms with Gasteiger partial charge >= 0.3 is 5.97 Å². The van der Waals surface area contributed by atoms with Gasteiger partial charge < -0.3 is 14.4 Å². The molecule has 2 aromatic rings. The minimum atomic E-state index is -1.14. The van der Waals surface area contributed by atoms with Crippen LogP contribution in [0.25, 0.3) is 11.3 Å². The highest BCUT2D eigenvalue weighted by molar-refractivity contribution is 6.31. The van der Waals surface area contributed by atoms with Crippen LogP contribution in [-0.4, -0.2) is 16.2 Å². The lowest BCUT2D eigenvalue weighted by Crippen LogP contribution is -2.08. The summed E-state index contributed by atoms with van der Waals surface area (Å²) in [4.78, 5) is 10.9. The maximum atomic E-state index is 10.9. The molecular weight excluding hydrogens is 246 g/mol. The zero-order chi connectivity index (χ0) is 12.0. The van der Waals surface area contributed by atoms with Crippen molar-refractivity contribution in [3.8, 4) is 17.1 Å². The van der Waals surface area contributed by atoms with Gasteiger partial charge in [0.1, 0.15) is 12.4 Å². The first-order valence-corrected chi connectivity index (χ1v) is 5.19. The molecule has 2 heterocycles. The SMILES string of the molecule is O=C(O)c1noc2c1COc1ccc(Cl)cc1-2. The summed E-state index contributed by atoms with van der Waals surface area (Å²) in [7, 11) is 0. The molecule has 0 unspecified atom stereocenters. The molecule has 0 radical (unpaired) electrons. The fourth-order valence-electron chi connectivity index (χ4n) is 1.78. The third kappa shape index (κ3) is 1.47.